The van der Waals surface area contributed by atoms with E-state index in [0.29, 0.717) is 24.0 Å². The number of thiocarbonyl (C=S) groups is 1. The number of aryl methyl sites for hydroxylation is 1. The standard InChI is InChI=1S/C19H20F3NS/c1-13-8-14(10-16(9-13)19(20,21)22)11-17(24)12-15-6-4-5-7-18(15)23(2)3/h4-10H,11-12H2,1-3H3. The van der Waals surface area contributed by atoms with Crippen molar-refractivity contribution in [3.05, 3.63) is 64.7 Å². The van der Waals surface area contributed by atoms with Crippen molar-refractivity contribution in [2.75, 3.05) is 19.0 Å². The zero-order valence-electron chi connectivity index (χ0n) is 13.9. The highest BCUT2D eigenvalue weighted by Crippen LogP contribution is 2.31. The molecule has 128 valence electrons. The van der Waals surface area contributed by atoms with Gasteiger partial charge in [-0.2, -0.15) is 13.2 Å². The maximum absolute atomic E-state index is 12.9. The van der Waals surface area contributed by atoms with E-state index in [4.69, 9.17) is 12.2 Å². The number of anilines is 1. The van der Waals surface area contributed by atoms with Gasteiger partial charge in [-0.15, -0.1) is 0 Å². The van der Waals surface area contributed by atoms with Gasteiger partial charge in [0.05, 0.1) is 5.56 Å². The van der Waals surface area contributed by atoms with Crippen LogP contribution in [0.1, 0.15) is 22.3 Å². The van der Waals surface area contributed by atoms with E-state index in [1.807, 2.05) is 43.3 Å². The van der Waals surface area contributed by atoms with Crippen LogP contribution in [0.5, 0.6) is 0 Å². The average Bonchev–Trinajstić information content (AvgIpc) is 2.45. The maximum atomic E-state index is 12.9. The van der Waals surface area contributed by atoms with E-state index < -0.39 is 11.7 Å². The summed E-state index contributed by atoms with van der Waals surface area (Å²) in [6.07, 6.45) is -3.40. The number of alkyl halides is 3. The van der Waals surface area contributed by atoms with Crippen LogP contribution < -0.4 is 4.90 Å². The van der Waals surface area contributed by atoms with Gasteiger partial charge in [-0.05, 0) is 36.2 Å². The first kappa shape index (κ1) is 18.5. The van der Waals surface area contributed by atoms with Crippen molar-refractivity contribution in [2.45, 2.75) is 25.9 Å². The summed E-state index contributed by atoms with van der Waals surface area (Å²) in [4.78, 5) is 2.73. The molecule has 0 atom stereocenters. The maximum Gasteiger partial charge on any atom is 0.416 e. The fourth-order valence-corrected chi connectivity index (χ4v) is 3.05. The molecule has 2 aromatic carbocycles. The van der Waals surface area contributed by atoms with Gasteiger partial charge in [0.25, 0.3) is 0 Å². The molecule has 0 heterocycles. The first-order chi connectivity index (χ1) is 11.2. The average molecular weight is 351 g/mol. The summed E-state index contributed by atoms with van der Waals surface area (Å²) < 4.78 is 38.8. The van der Waals surface area contributed by atoms with Crippen molar-refractivity contribution in [1.82, 2.24) is 0 Å². The van der Waals surface area contributed by atoms with E-state index in [1.54, 1.807) is 13.0 Å². The summed E-state index contributed by atoms with van der Waals surface area (Å²) in [5.74, 6) is 0. The van der Waals surface area contributed by atoms with E-state index in [1.165, 1.54) is 6.07 Å². The van der Waals surface area contributed by atoms with Gasteiger partial charge in [0, 0.05) is 37.5 Å². The van der Waals surface area contributed by atoms with Crippen molar-refractivity contribution in [3.63, 3.8) is 0 Å². The molecule has 0 saturated heterocycles. The molecule has 0 N–H and O–H groups in total. The van der Waals surface area contributed by atoms with Crippen LogP contribution in [0.25, 0.3) is 0 Å². The Bertz CT molecular complexity index is 736. The van der Waals surface area contributed by atoms with E-state index in [9.17, 15) is 13.2 Å². The minimum atomic E-state index is -4.33. The summed E-state index contributed by atoms with van der Waals surface area (Å²) in [7, 11) is 3.91. The topological polar surface area (TPSA) is 3.24 Å². The molecule has 0 radical (unpaired) electrons. The normalized spacial score (nSPS) is 11.4. The Kier molecular flexibility index (Phi) is 5.65. The van der Waals surface area contributed by atoms with Crippen molar-refractivity contribution in [3.8, 4) is 0 Å². The molecule has 0 aromatic heterocycles. The molecule has 0 saturated carbocycles. The molecule has 0 amide bonds. The minimum Gasteiger partial charge on any atom is -0.377 e. The Labute approximate surface area is 146 Å². The molecule has 0 unspecified atom stereocenters. The molecule has 0 aliphatic heterocycles. The molecular weight excluding hydrogens is 331 g/mol. The van der Waals surface area contributed by atoms with Crippen LogP contribution in [0.15, 0.2) is 42.5 Å². The highest BCUT2D eigenvalue weighted by molar-refractivity contribution is 7.80. The lowest BCUT2D eigenvalue weighted by molar-refractivity contribution is -0.137. The number of benzene rings is 2. The third kappa shape index (κ3) is 4.81. The lowest BCUT2D eigenvalue weighted by atomic mass is 9.99. The first-order valence-corrected chi connectivity index (χ1v) is 8.02. The molecule has 2 rings (SSSR count). The Morgan fingerprint density at radius 2 is 1.71 bits per heavy atom. The second-order valence-corrected chi connectivity index (χ2v) is 6.70. The van der Waals surface area contributed by atoms with Crippen molar-refractivity contribution in [1.29, 1.82) is 0 Å². The molecule has 24 heavy (non-hydrogen) atoms. The lowest BCUT2D eigenvalue weighted by Gasteiger charge is -2.18. The molecular formula is C19H20F3NS. The summed E-state index contributed by atoms with van der Waals surface area (Å²) in [6.45, 7) is 1.67. The number of hydrogen-bond donors (Lipinski definition) is 0. The molecule has 0 fully saturated rings. The van der Waals surface area contributed by atoms with Crippen LogP contribution in [0.2, 0.25) is 0 Å². The number of rotatable bonds is 5. The van der Waals surface area contributed by atoms with Gasteiger partial charge >= 0.3 is 6.18 Å². The van der Waals surface area contributed by atoms with Crippen LogP contribution in [0, 0.1) is 6.92 Å². The van der Waals surface area contributed by atoms with E-state index in [0.717, 1.165) is 22.2 Å². The monoisotopic (exact) mass is 351 g/mol. The van der Waals surface area contributed by atoms with Gasteiger partial charge in [0.1, 0.15) is 0 Å². The highest BCUT2D eigenvalue weighted by Gasteiger charge is 2.30. The molecule has 1 nitrogen and oxygen atoms in total. The highest BCUT2D eigenvalue weighted by atomic mass is 32.1. The van der Waals surface area contributed by atoms with E-state index in [-0.39, 0.29) is 0 Å². The second kappa shape index (κ2) is 7.34. The zero-order valence-corrected chi connectivity index (χ0v) is 14.8. The predicted molar refractivity (Wildman–Crippen MR) is 97.0 cm³/mol. The van der Waals surface area contributed by atoms with Crippen LogP contribution in [0.4, 0.5) is 18.9 Å². The van der Waals surface area contributed by atoms with Crippen LogP contribution in [-0.2, 0) is 19.0 Å². The van der Waals surface area contributed by atoms with E-state index in [2.05, 4.69) is 0 Å². The fourth-order valence-electron chi connectivity index (χ4n) is 2.73. The third-order valence-electron chi connectivity index (χ3n) is 3.73. The number of nitrogens with zero attached hydrogens (tertiary/aromatic N) is 1. The summed E-state index contributed by atoms with van der Waals surface area (Å²) in [5.41, 5.74) is 2.73. The van der Waals surface area contributed by atoms with Gasteiger partial charge in [0.15, 0.2) is 0 Å². The Balaban J connectivity index is 2.18. The number of hydrogen-bond acceptors (Lipinski definition) is 2. The summed E-state index contributed by atoms with van der Waals surface area (Å²) >= 11 is 5.44. The van der Waals surface area contributed by atoms with Crippen LogP contribution in [0.3, 0.4) is 0 Å². The molecule has 0 aliphatic rings. The van der Waals surface area contributed by atoms with Gasteiger partial charge in [-0.3, -0.25) is 0 Å². The SMILES string of the molecule is Cc1cc(CC(=S)Cc2ccccc2N(C)C)cc(C(F)(F)F)c1. The third-order valence-corrected chi connectivity index (χ3v) is 4.02. The van der Waals surface area contributed by atoms with Gasteiger partial charge in [-0.1, -0.05) is 42.0 Å². The van der Waals surface area contributed by atoms with Gasteiger partial charge in [0.2, 0.25) is 0 Å². The second-order valence-electron chi connectivity index (χ2n) is 6.12. The molecule has 0 aliphatic carbocycles. The fraction of sp³-hybridized carbons (Fsp3) is 0.316. The zero-order chi connectivity index (χ0) is 17.9. The predicted octanol–water partition coefficient (Wildman–Crippen LogP) is 5.23. The van der Waals surface area contributed by atoms with Crippen molar-refractivity contribution in [2.24, 2.45) is 0 Å². The van der Waals surface area contributed by atoms with E-state index >= 15 is 0 Å². The Hall–Kier alpha value is -1.88. The van der Waals surface area contributed by atoms with Crippen LogP contribution in [-0.4, -0.2) is 19.0 Å². The lowest BCUT2D eigenvalue weighted by Crippen LogP contribution is -2.14. The minimum absolute atomic E-state index is 0.363. The molecule has 2 aromatic rings. The van der Waals surface area contributed by atoms with Gasteiger partial charge in [-0.25, -0.2) is 0 Å². The summed E-state index contributed by atoms with van der Waals surface area (Å²) in [5, 5.41) is 0. The van der Waals surface area contributed by atoms with Gasteiger partial charge < -0.3 is 4.90 Å². The number of halogens is 3. The molecule has 0 bridgehead atoms. The van der Waals surface area contributed by atoms with Crippen LogP contribution >= 0.6 is 12.2 Å². The Morgan fingerprint density at radius 3 is 2.33 bits per heavy atom. The summed E-state index contributed by atoms with van der Waals surface area (Å²) in [6, 6.07) is 12.0. The quantitative estimate of drug-likeness (QED) is 0.678. The van der Waals surface area contributed by atoms with Crippen molar-refractivity contribution < 1.29 is 13.2 Å². The van der Waals surface area contributed by atoms with Crippen molar-refractivity contribution >= 4 is 22.8 Å². The molecule has 5 heteroatoms. The Morgan fingerprint density at radius 1 is 1.04 bits per heavy atom. The largest absolute Gasteiger partial charge is 0.416 e. The smallest absolute Gasteiger partial charge is 0.377 e. The first-order valence-electron chi connectivity index (χ1n) is 7.61. The number of para-hydroxylation sites is 1. The molecule has 0 spiro atoms.